The van der Waals surface area contributed by atoms with Crippen LogP contribution in [0.5, 0.6) is 0 Å². The van der Waals surface area contributed by atoms with Gasteiger partial charge in [-0.3, -0.25) is 29.9 Å². The second kappa shape index (κ2) is 9.20. The molecule has 4 rings (SSSR count). The Morgan fingerprint density at radius 1 is 1.12 bits per heavy atom. The van der Waals surface area contributed by atoms with E-state index in [4.69, 9.17) is 28.2 Å². The van der Waals surface area contributed by atoms with Crippen molar-refractivity contribution in [2.75, 3.05) is 4.90 Å². The molecule has 1 aliphatic heterocycles. The van der Waals surface area contributed by atoms with Crippen LogP contribution in [0.2, 0.25) is 5.02 Å². The highest BCUT2D eigenvalue weighted by molar-refractivity contribution is 7.80. The second-order valence-corrected chi connectivity index (χ2v) is 8.62. The SMILES string of the molecule is CC(C)c1ccc(N2C(=O)/C(=C\c3ccc(-c4ccc(Cl)c([N+](=O)[O-])c4)o3)C(=O)NC2=S)cc1. The van der Waals surface area contributed by atoms with E-state index in [0.29, 0.717) is 22.9 Å². The fraction of sp³-hybridized carbons (Fsp3) is 0.125. The predicted molar refractivity (Wildman–Crippen MR) is 133 cm³/mol. The maximum Gasteiger partial charge on any atom is 0.288 e. The predicted octanol–water partition coefficient (Wildman–Crippen LogP) is 5.46. The Morgan fingerprint density at radius 2 is 1.82 bits per heavy atom. The molecule has 0 atom stereocenters. The van der Waals surface area contributed by atoms with Gasteiger partial charge in [-0.1, -0.05) is 37.6 Å². The van der Waals surface area contributed by atoms with Crippen molar-refractivity contribution in [2.45, 2.75) is 19.8 Å². The number of nitro benzene ring substituents is 1. The molecule has 2 aromatic carbocycles. The van der Waals surface area contributed by atoms with Crippen molar-refractivity contribution in [3.63, 3.8) is 0 Å². The minimum Gasteiger partial charge on any atom is -0.457 e. The summed E-state index contributed by atoms with van der Waals surface area (Å²) in [6.45, 7) is 4.12. The molecule has 0 unspecified atom stereocenters. The number of halogens is 1. The molecular weight excluding hydrogens is 478 g/mol. The van der Waals surface area contributed by atoms with E-state index in [0.717, 1.165) is 5.56 Å². The molecule has 1 aromatic heterocycles. The molecule has 0 saturated carbocycles. The van der Waals surface area contributed by atoms with Crippen LogP contribution in [0.15, 0.2) is 64.6 Å². The van der Waals surface area contributed by atoms with Crippen molar-refractivity contribution in [3.05, 3.63) is 86.6 Å². The Bertz CT molecular complexity index is 1360. The van der Waals surface area contributed by atoms with Gasteiger partial charge < -0.3 is 4.42 Å². The molecule has 0 aliphatic carbocycles. The van der Waals surface area contributed by atoms with Gasteiger partial charge in [0.1, 0.15) is 22.1 Å². The largest absolute Gasteiger partial charge is 0.457 e. The lowest BCUT2D eigenvalue weighted by atomic mass is 10.0. The van der Waals surface area contributed by atoms with Gasteiger partial charge in [0.25, 0.3) is 17.5 Å². The molecule has 172 valence electrons. The van der Waals surface area contributed by atoms with Crippen LogP contribution in [-0.2, 0) is 9.59 Å². The minimum atomic E-state index is -0.648. The van der Waals surface area contributed by atoms with E-state index in [2.05, 4.69) is 19.2 Å². The van der Waals surface area contributed by atoms with E-state index in [1.54, 1.807) is 30.3 Å². The van der Waals surface area contributed by atoms with Crippen molar-refractivity contribution >= 4 is 58.2 Å². The summed E-state index contributed by atoms with van der Waals surface area (Å²) in [5, 5.41) is 13.7. The lowest BCUT2D eigenvalue weighted by molar-refractivity contribution is -0.384. The minimum absolute atomic E-state index is 0.00427. The van der Waals surface area contributed by atoms with E-state index < -0.39 is 16.7 Å². The Kier molecular flexibility index (Phi) is 6.32. The van der Waals surface area contributed by atoms with E-state index in [1.807, 2.05) is 12.1 Å². The maximum atomic E-state index is 13.2. The molecule has 1 aliphatic rings. The van der Waals surface area contributed by atoms with E-state index in [-0.39, 0.29) is 27.2 Å². The number of rotatable bonds is 5. The summed E-state index contributed by atoms with van der Waals surface area (Å²) in [5.74, 6) is -0.388. The fourth-order valence-corrected chi connectivity index (χ4v) is 3.90. The van der Waals surface area contributed by atoms with Gasteiger partial charge in [0.15, 0.2) is 5.11 Å². The molecule has 0 radical (unpaired) electrons. The van der Waals surface area contributed by atoms with Gasteiger partial charge in [-0.15, -0.1) is 0 Å². The molecule has 8 nitrogen and oxygen atoms in total. The zero-order valence-corrected chi connectivity index (χ0v) is 19.6. The Labute approximate surface area is 205 Å². The number of anilines is 1. The maximum absolute atomic E-state index is 13.2. The Balaban J connectivity index is 1.65. The summed E-state index contributed by atoms with van der Waals surface area (Å²) >= 11 is 11.1. The van der Waals surface area contributed by atoms with Gasteiger partial charge in [0.05, 0.1) is 10.6 Å². The van der Waals surface area contributed by atoms with Crippen molar-refractivity contribution < 1.29 is 18.9 Å². The van der Waals surface area contributed by atoms with Crippen LogP contribution >= 0.6 is 23.8 Å². The Morgan fingerprint density at radius 3 is 2.47 bits per heavy atom. The smallest absolute Gasteiger partial charge is 0.288 e. The highest BCUT2D eigenvalue weighted by Gasteiger charge is 2.34. The summed E-state index contributed by atoms with van der Waals surface area (Å²) in [7, 11) is 0. The summed E-state index contributed by atoms with van der Waals surface area (Å²) in [6, 6.07) is 14.7. The van der Waals surface area contributed by atoms with Crippen LogP contribution in [-0.4, -0.2) is 21.9 Å². The molecule has 1 N–H and O–H groups in total. The Hall–Kier alpha value is -3.82. The van der Waals surface area contributed by atoms with E-state index in [1.165, 1.54) is 23.1 Å². The normalized spacial score (nSPS) is 15.2. The number of furan rings is 1. The first-order valence-electron chi connectivity index (χ1n) is 10.2. The summed E-state index contributed by atoms with van der Waals surface area (Å²) in [5.41, 5.74) is 1.63. The lowest BCUT2D eigenvalue weighted by Gasteiger charge is -2.29. The van der Waals surface area contributed by atoms with E-state index >= 15 is 0 Å². The molecule has 0 bridgehead atoms. The monoisotopic (exact) mass is 495 g/mol. The molecule has 34 heavy (non-hydrogen) atoms. The zero-order chi connectivity index (χ0) is 24.6. The topological polar surface area (TPSA) is 106 Å². The number of carbonyl (C=O) groups excluding carboxylic acids is 2. The zero-order valence-electron chi connectivity index (χ0n) is 18.1. The number of nitrogens with one attached hydrogen (secondary N) is 1. The molecule has 2 amide bonds. The summed E-state index contributed by atoms with van der Waals surface area (Å²) in [6.07, 6.45) is 1.31. The van der Waals surface area contributed by atoms with Crippen molar-refractivity contribution in [1.82, 2.24) is 5.32 Å². The molecule has 1 fully saturated rings. The highest BCUT2D eigenvalue weighted by atomic mass is 35.5. The number of hydrogen-bond donors (Lipinski definition) is 1. The van der Waals surface area contributed by atoms with Gasteiger partial charge >= 0.3 is 0 Å². The number of nitrogens with zero attached hydrogens (tertiary/aromatic N) is 2. The third-order valence-electron chi connectivity index (χ3n) is 5.26. The van der Waals surface area contributed by atoms with Crippen molar-refractivity contribution in [2.24, 2.45) is 0 Å². The summed E-state index contributed by atoms with van der Waals surface area (Å²) in [4.78, 5) is 37.5. The molecule has 10 heteroatoms. The van der Waals surface area contributed by atoms with Gasteiger partial charge in [0.2, 0.25) is 0 Å². The fourth-order valence-electron chi connectivity index (χ4n) is 3.43. The van der Waals surface area contributed by atoms with Crippen LogP contribution in [0.1, 0.15) is 31.1 Å². The number of carbonyl (C=O) groups is 2. The van der Waals surface area contributed by atoms with Crippen LogP contribution in [0.25, 0.3) is 17.4 Å². The number of thiocarbonyl (C=S) groups is 1. The number of amides is 2. The van der Waals surface area contributed by atoms with E-state index in [9.17, 15) is 19.7 Å². The van der Waals surface area contributed by atoms with Crippen molar-refractivity contribution in [1.29, 1.82) is 0 Å². The average molecular weight is 496 g/mol. The number of benzene rings is 2. The quantitative estimate of drug-likeness (QED) is 0.165. The first-order chi connectivity index (χ1) is 16.2. The van der Waals surface area contributed by atoms with Crippen LogP contribution in [0.4, 0.5) is 11.4 Å². The summed E-state index contributed by atoms with van der Waals surface area (Å²) < 4.78 is 5.73. The number of nitro groups is 1. The van der Waals surface area contributed by atoms with Crippen LogP contribution in [0, 0.1) is 10.1 Å². The highest BCUT2D eigenvalue weighted by Crippen LogP contribution is 2.32. The van der Waals surface area contributed by atoms with Gasteiger partial charge in [0, 0.05) is 11.6 Å². The van der Waals surface area contributed by atoms with Gasteiger partial charge in [-0.2, -0.15) is 0 Å². The third-order valence-corrected chi connectivity index (χ3v) is 5.86. The molecule has 2 heterocycles. The molecule has 3 aromatic rings. The van der Waals surface area contributed by atoms with Crippen molar-refractivity contribution in [3.8, 4) is 11.3 Å². The first-order valence-corrected chi connectivity index (χ1v) is 11.0. The van der Waals surface area contributed by atoms with Gasteiger partial charge in [-0.25, -0.2) is 0 Å². The molecule has 1 saturated heterocycles. The lowest BCUT2D eigenvalue weighted by Crippen LogP contribution is -2.54. The third kappa shape index (κ3) is 4.48. The first kappa shape index (κ1) is 23.3. The standard InChI is InChI=1S/C24H18ClN3O5S/c1-13(2)14-3-6-16(7-4-14)27-23(30)18(22(29)26-24(27)34)12-17-8-10-21(33-17)15-5-9-19(25)20(11-15)28(31)32/h3-13H,1-2H3,(H,26,29,34)/b18-12-. The average Bonchev–Trinajstić information content (AvgIpc) is 3.25. The van der Waals surface area contributed by atoms with Gasteiger partial charge in [-0.05, 0) is 66.2 Å². The van der Waals surface area contributed by atoms with Crippen LogP contribution < -0.4 is 10.2 Å². The molecular formula is C24H18ClN3O5S. The number of hydrogen-bond acceptors (Lipinski definition) is 6. The second-order valence-electron chi connectivity index (χ2n) is 7.83. The molecule has 0 spiro atoms. The van der Waals surface area contributed by atoms with Crippen LogP contribution in [0.3, 0.4) is 0 Å².